The molecule has 3 rings (SSSR count). The summed E-state index contributed by atoms with van der Waals surface area (Å²) in [5.41, 5.74) is 2.01. The number of hydrogen-bond donors (Lipinski definition) is 1. The van der Waals surface area contributed by atoms with Gasteiger partial charge in [0.1, 0.15) is 5.82 Å². The molecule has 1 aliphatic rings. The van der Waals surface area contributed by atoms with Gasteiger partial charge in [-0.1, -0.05) is 30.3 Å². The van der Waals surface area contributed by atoms with E-state index in [-0.39, 0.29) is 5.97 Å². The largest absolute Gasteiger partial charge is 0.463 e. The van der Waals surface area contributed by atoms with Crippen LogP contribution in [0.1, 0.15) is 24.6 Å². The van der Waals surface area contributed by atoms with Crippen LogP contribution >= 0.6 is 0 Å². The fourth-order valence-corrected chi connectivity index (χ4v) is 3.14. The van der Waals surface area contributed by atoms with Crippen molar-refractivity contribution in [1.82, 2.24) is 14.9 Å². The molecule has 142 valence electrons. The smallest absolute Gasteiger partial charge is 0.330 e. The number of nitrogens with zero attached hydrogens (tertiary/aromatic N) is 3. The number of likely N-dealkylation sites (tertiary alicyclic amines) is 1. The predicted molar refractivity (Wildman–Crippen MR) is 106 cm³/mol. The van der Waals surface area contributed by atoms with Crippen LogP contribution in [0.15, 0.2) is 48.8 Å². The van der Waals surface area contributed by atoms with Crippen molar-refractivity contribution in [1.29, 1.82) is 0 Å². The zero-order valence-corrected chi connectivity index (χ0v) is 15.7. The van der Waals surface area contributed by atoms with Crippen LogP contribution in [0, 0.1) is 0 Å². The average Bonchev–Trinajstić information content (AvgIpc) is 3.14. The number of benzene rings is 1. The highest BCUT2D eigenvalue weighted by Crippen LogP contribution is 2.15. The maximum Gasteiger partial charge on any atom is 0.330 e. The lowest BCUT2D eigenvalue weighted by atomic mass is 10.1. The third-order valence-electron chi connectivity index (χ3n) is 4.53. The second-order valence-corrected chi connectivity index (χ2v) is 6.58. The second kappa shape index (κ2) is 9.83. The van der Waals surface area contributed by atoms with E-state index in [1.54, 1.807) is 25.4 Å². The maximum absolute atomic E-state index is 11.3. The van der Waals surface area contributed by atoms with Crippen LogP contribution in [0.2, 0.25) is 0 Å². The molecule has 0 unspecified atom stereocenters. The molecule has 2 heterocycles. The van der Waals surface area contributed by atoms with Crippen molar-refractivity contribution in [3.63, 3.8) is 0 Å². The molecule has 0 bridgehead atoms. The van der Waals surface area contributed by atoms with Gasteiger partial charge in [-0.3, -0.25) is 4.98 Å². The number of aromatic nitrogens is 2. The first-order valence-electron chi connectivity index (χ1n) is 9.42. The van der Waals surface area contributed by atoms with Gasteiger partial charge in [0, 0.05) is 31.8 Å². The highest BCUT2D eigenvalue weighted by molar-refractivity contribution is 5.86. The first-order valence-corrected chi connectivity index (χ1v) is 9.42. The maximum atomic E-state index is 11.3. The Morgan fingerprint density at radius 2 is 2.15 bits per heavy atom. The molecular weight excluding hydrogens is 340 g/mol. The Labute approximate surface area is 160 Å². The highest BCUT2D eigenvalue weighted by atomic mass is 16.5. The molecule has 0 radical (unpaired) electrons. The Hall–Kier alpha value is -2.73. The fraction of sp³-hybridized carbons (Fsp3) is 0.381. The van der Waals surface area contributed by atoms with Crippen molar-refractivity contribution < 1.29 is 9.53 Å². The van der Waals surface area contributed by atoms with Gasteiger partial charge < -0.3 is 15.0 Å². The Kier molecular flexibility index (Phi) is 6.93. The number of rotatable bonds is 8. The number of anilines is 1. The molecule has 0 amide bonds. The van der Waals surface area contributed by atoms with E-state index in [9.17, 15) is 4.79 Å². The summed E-state index contributed by atoms with van der Waals surface area (Å²) in [6.45, 7) is 5.32. The molecule has 6 nitrogen and oxygen atoms in total. The van der Waals surface area contributed by atoms with Gasteiger partial charge in [0.2, 0.25) is 0 Å². The van der Waals surface area contributed by atoms with Gasteiger partial charge in [0.25, 0.3) is 0 Å². The zero-order chi connectivity index (χ0) is 18.9. The summed E-state index contributed by atoms with van der Waals surface area (Å²) in [6, 6.07) is 11.0. The molecular formula is C21H26N4O2. The normalized spacial score (nSPS) is 17.3. The summed E-state index contributed by atoms with van der Waals surface area (Å²) in [5.74, 6) is 0.390. The molecule has 0 saturated carbocycles. The number of ether oxygens (including phenoxy) is 1. The van der Waals surface area contributed by atoms with Crippen molar-refractivity contribution in [2.24, 2.45) is 0 Å². The van der Waals surface area contributed by atoms with Crippen LogP contribution < -0.4 is 5.32 Å². The number of esters is 1. The van der Waals surface area contributed by atoms with E-state index in [2.05, 4.69) is 50.5 Å². The van der Waals surface area contributed by atoms with Gasteiger partial charge >= 0.3 is 5.97 Å². The Bertz CT molecular complexity index is 747. The molecule has 1 atom stereocenters. The van der Waals surface area contributed by atoms with Crippen LogP contribution in [-0.4, -0.2) is 53.1 Å². The lowest BCUT2D eigenvalue weighted by Crippen LogP contribution is -2.28. The second-order valence-electron chi connectivity index (χ2n) is 6.58. The molecule has 1 aromatic heterocycles. The van der Waals surface area contributed by atoms with E-state index in [0.29, 0.717) is 18.3 Å². The molecule has 1 aromatic carbocycles. The minimum absolute atomic E-state index is 0.363. The molecule has 1 saturated heterocycles. The Morgan fingerprint density at radius 1 is 1.30 bits per heavy atom. The lowest BCUT2D eigenvalue weighted by molar-refractivity contribution is -0.137. The van der Waals surface area contributed by atoms with E-state index < -0.39 is 0 Å². The third-order valence-corrected chi connectivity index (χ3v) is 4.53. The van der Waals surface area contributed by atoms with E-state index in [1.807, 2.05) is 0 Å². The molecule has 2 aromatic rings. The van der Waals surface area contributed by atoms with Gasteiger partial charge in [-0.15, -0.1) is 0 Å². The lowest BCUT2D eigenvalue weighted by Gasteiger charge is -2.17. The number of carbonyl (C=O) groups excluding carboxylic acids is 1. The molecule has 0 spiro atoms. The Morgan fingerprint density at radius 3 is 2.89 bits per heavy atom. The van der Waals surface area contributed by atoms with Gasteiger partial charge in [0.05, 0.1) is 24.7 Å². The molecule has 27 heavy (non-hydrogen) atoms. The average molecular weight is 366 g/mol. The van der Waals surface area contributed by atoms with Crippen molar-refractivity contribution >= 4 is 17.9 Å². The molecule has 1 aliphatic heterocycles. The SMILES string of the molecule is CCOC(=O)C=Cc1cnc(N[C@@H]2CCN(CCc3ccccc3)C2)cn1. The minimum Gasteiger partial charge on any atom is -0.463 e. The highest BCUT2D eigenvalue weighted by Gasteiger charge is 2.22. The number of carbonyl (C=O) groups is 1. The zero-order valence-electron chi connectivity index (χ0n) is 15.7. The van der Waals surface area contributed by atoms with Gasteiger partial charge in [-0.25, -0.2) is 9.78 Å². The third kappa shape index (κ3) is 6.18. The van der Waals surface area contributed by atoms with E-state index in [1.165, 1.54) is 11.6 Å². The number of hydrogen-bond acceptors (Lipinski definition) is 6. The summed E-state index contributed by atoms with van der Waals surface area (Å²) >= 11 is 0. The van der Waals surface area contributed by atoms with Crippen LogP contribution in [-0.2, 0) is 16.0 Å². The minimum atomic E-state index is -0.372. The summed E-state index contributed by atoms with van der Waals surface area (Å²) < 4.78 is 4.84. The topological polar surface area (TPSA) is 67.3 Å². The first-order chi connectivity index (χ1) is 13.2. The molecule has 6 heteroatoms. The molecule has 1 N–H and O–H groups in total. The summed E-state index contributed by atoms with van der Waals surface area (Å²) in [7, 11) is 0. The van der Waals surface area contributed by atoms with E-state index >= 15 is 0 Å². The van der Waals surface area contributed by atoms with Crippen LogP contribution in [0.25, 0.3) is 6.08 Å². The monoisotopic (exact) mass is 366 g/mol. The van der Waals surface area contributed by atoms with Gasteiger partial charge in [-0.05, 0) is 31.4 Å². The van der Waals surface area contributed by atoms with E-state index in [4.69, 9.17) is 4.74 Å². The molecule has 1 fully saturated rings. The standard InChI is InChI=1S/C21H26N4O2/c1-2-27-21(26)9-8-18-14-23-20(15-22-18)24-19-11-13-25(16-19)12-10-17-6-4-3-5-7-17/h3-9,14-15,19H,2,10-13,16H2,1H3,(H,23,24)/t19-/m1/s1. The summed E-state index contributed by atoms with van der Waals surface area (Å²) in [6.07, 6.45) is 8.51. The fourth-order valence-electron chi connectivity index (χ4n) is 3.14. The predicted octanol–water partition coefficient (Wildman–Crippen LogP) is 2.78. The van der Waals surface area contributed by atoms with Crippen LogP contribution in [0.3, 0.4) is 0 Å². The van der Waals surface area contributed by atoms with Gasteiger partial charge in [-0.2, -0.15) is 0 Å². The van der Waals surface area contributed by atoms with Crippen molar-refractivity contribution in [3.05, 3.63) is 60.1 Å². The van der Waals surface area contributed by atoms with Crippen molar-refractivity contribution in [2.75, 3.05) is 31.6 Å². The quantitative estimate of drug-likeness (QED) is 0.572. The first kappa shape index (κ1) is 19.0. The number of nitrogens with one attached hydrogen (secondary N) is 1. The van der Waals surface area contributed by atoms with Crippen LogP contribution in [0.4, 0.5) is 5.82 Å². The van der Waals surface area contributed by atoms with E-state index in [0.717, 1.165) is 38.3 Å². The van der Waals surface area contributed by atoms with Crippen molar-refractivity contribution in [2.45, 2.75) is 25.8 Å². The van der Waals surface area contributed by atoms with Crippen LogP contribution in [0.5, 0.6) is 0 Å². The Balaban J connectivity index is 1.43. The summed E-state index contributed by atoms with van der Waals surface area (Å²) in [4.78, 5) is 22.5. The summed E-state index contributed by atoms with van der Waals surface area (Å²) in [5, 5.41) is 3.45. The van der Waals surface area contributed by atoms with Gasteiger partial charge in [0.15, 0.2) is 0 Å². The molecule has 0 aliphatic carbocycles. The van der Waals surface area contributed by atoms with Crippen molar-refractivity contribution in [3.8, 4) is 0 Å².